The Kier molecular flexibility index (Phi) is 3.20. The minimum atomic E-state index is -0.801. The number of hydrogen-bond donors (Lipinski definition) is 3. The number of phenols is 1. The van der Waals surface area contributed by atoms with Crippen LogP contribution >= 0.6 is 0 Å². The van der Waals surface area contributed by atoms with Crippen LogP contribution in [0.25, 0.3) is 0 Å². The van der Waals surface area contributed by atoms with Crippen LogP contribution in [0.15, 0.2) is 12.1 Å². The lowest BCUT2D eigenvalue weighted by molar-refractivity contribution is -0.217. The standard InChI is InChI=1S/C22H30N2O3/c1-12-9-15(23-2)20-21-7-8-24(11-13-3-4-13)17(22(12,21)26)10-14-5-6-16(25)19(27-20)18(14)21/h5-6,12-13,15,17,20,23,25-26H,3-4,7-11H2,1-2H3/t12-,15+,17+,20+,21-,22+/m0/s1. The summed E-state index contributed by atoms with van der Waals surface area (Å²) in [4.78, 5) is 2.59. The molecule has 1 aromatic rings. The quantitative estimate of drug-likeness (QED) is 0.757. The molecule has 3 N–H and O–H groups in total. The first kappa shape index (κ1) is 16.6. The number of aromatic hydroxyl groups is 1. The van der Waals surface area contributed by atoms with Crippen LogP contribution in [0, 0.1) is 11.8 Å². The van der Waals surface area contributed by atoms with Crippen LogP contribution in [0.5, 0.6) is 11.5 Å². The van der Waals surface area contributed by atoms with Gasteiger partial charge in [-0.15, -0.1) is 0 Å². The molecule has 0 unspecified atom stereocenters. The lowest BCUT2D eigenvalue weighted by atomic mass is 9.45. The summed E-state index contributed by atoms with van der Waals surface area (Å²) >= 11 is 0. The number of nitrogens with zero attached hydrogens (tertiary/aromatic N) is 1. The number of likely N-dealkylation sites (tertiary alicyclic amines) is 1. The first-order chi connectivity index (χ1) is 13.0. The van der Waals surface area contributed by atoms with Gasteiger partial charge in [-0.1, -0.05) is 13.0 Å². The maximum atomic E-state index is 12.5. The van der Waals surface area contributed by atoms with Crippen LogP contribution in [0.4, 0.5) is 0 Å². The highest BCUT2D eigenvalue weighted by atomic mass is 16.5. The average molecular weight is 370 g/mol. The van der Waals surface area contributed by atoms with E-state index in [2.05, 4.69) is 23.2 Å². The highest BCUT2D eigenvalue weighted by molar-refractivity contribution is 5.62. The molecule has 5 heteroatoms. The Balaban J connectivity index is 1.58. The minimum absolute atomic E-state index is 0.114. The molecule has 2 aliphatic heterocycles. The molecule has 27 heavy (non-hydrogen) atoms. The second-order valence-electron chi connectivity index (χ2n) is 9.72. The first-order valence-corrected chi connectivity index (χ1v) is 10.7. The van der Waals surface area contributed by atoms with Gasteiger partial charge in [-0.05, 0) is 69.2 Å². The average Bonchev–Trinajstić information content (AvgIpc) is 3.39. The van der Waals surface area contributed by atoms with E-state index in [0.717, 1.165) is 43.8 Å². The fraction of sp³-hybridized carbons (Fsp3) is 0.727. The van der Waals surface area contributed by atoms with Gasteiger partial charge in [0.15, 0.2) is 11.5 Å². The molecule has 2 saturated carbocycles. The van der Waals surface area contributed by atoms with E-state index in [9.17, 15) is 10.2 Å². The molecule has 6 atom stereocenters. The zero-order valence-electron chi connectivity index (χ0n) is 16.2. The molecule has 1 spiro atoms. The number of hydrogen-bond acceptors (Lipinski definition) is 5. The van der Waals surface area contributed by atoms with Crippen LogP contribution in [0.3, 0.4) is 0 Å². The zero-order chi connectivity index (χ0) is 18.6. The number of nitrogens with one attached hydrogen (secondary N) is 1. The number of piperidine rings is 1. The van der Waals surface area contributed by atoms with E-state index in [1.807, 2.05) is 7.05 Å². The van der Waals surface area contributed by atoms with E-state index in [1.54, 1.807) is 6.07 Å². The van der Waals surface area contributed by atoms with E-state index in [-0.39, 0.29) is 29.9 Å². The van der Waals surface area contributed by atoms with E-state index >= 15 is 0 Å². The summed E-state index contributed by atoms with van der Waals surface area (Å²) in [6, 6.07) is 4.19. The van der Waals surface area contributed by atoms with Crippen molar-refractivity contribution in [3.05, 3.63) is 23.3 Å². The molecular weight excluding hydrogens is 340 g/mol. The number of aliphatic hydroxyl groups is 1. The van der Waals surface area contributed by atoms with Crippen molar-refractivity contribution >= 4 is 0 Å². The third kappa shape index (κ3) is 1.82. The zero-order valence-corrected chi connectivity index (χ0v) is 16.2. The van der Waals surface area contributed by atoms with Crippen LogP contribution in [-0.4, -0.2) is 59.0 Å². The van der Waals surface area contributed by atoms with Gasteiger partial charge in [-0.2, -0.15) is 0 Å². The highest BCUT2D eigenvalue weighted by Gasteiger charge is 2.74. The molecule has 0 amide bonds. The molecule has 6 rings (SSSR count). The van der Waals surface area contributed by atoms with Crippen LogP contribution < -0.4 is 10.1 Å². The lowest BCUT2D eigenvalue weighted by Gasteiger charge is -2.66. The van der Waals surface area contributed by atoms with Crippen molar-refractivity contribution in [1.82, 2.24) is 10.2 Å². The van der Waals surface area contributed by atoms with Gasteiger partial charge in [0, 0.05) is 24.2 Å². The number of benzene rings is 1. The van der Waals surface area contributed by atoms with Gasteiger partial charge in [-0.25, -0.2) is 0 Å². The van der Waals surface area contributed by atoms with E-state index in [0.29, 0.717) is 5.75 Å². The van der Waals surface area contributed by atoms with Crippen molar-refractivity contribution in [2.45, 2.75) is 68.2 Å². The summed E-state index contributed by atoms with van der Waals surface area (Å²) in [5, 5.41) is 26.5. The molecule has 5 nitrogen and oxygen atoms in total. The Hall–Kier alpha value is -1.30. The Morgan fingerprint density at radius 1 is 1.33 bits per heavy atom. The van der Waals surface area contributed by atoms with Gasteiger partial charge in [0.05, 0.1) is 11.0 Å². The maximum Gasteiger partial charge on any atom is 0.165 e. The SMILES string of the molecule is CN[C@@H]1C[C@H](C)[C@@]2(O)[C@H]3Cc4ccc(O)c5c4[C@@]2(CCN3CC2CC2)[C@@H]1O5. The Bertz CT molecular complexity index is 809. The number of phenolic OH excluding ortho intramolecular Hbond substituents is 1. The summed E-state index contributed by atoms with van der Waals surface area (Å²) in [6.45, 7) is 4.36. The van der Waals surface area contributed by atoms with Gasteiger partial charge in [-0.3, -0.25) is 4.90 Å². The Morgan fingerprint density at radius 3 is 2.89 bits per heavy atom. The molecule has 2 bridgehead atoms. The van der Waals surface area contributed by atoms with Crippen molar-refractivity contribution in [3.63, 3.8) is 0 Å². The van der Waals surface area contributed by atoms with Gasteiger partial charge in [0.2, 0.25) is 0 Å². The molecule has 1 saturated heterocycles. The van der Waals surface area contributed by atoms with Crippen molar-refractivity contribution < 1.29 is 14.9 Å². The van der Waals surface area contributed by atoms with Crippen molar-refractivity contribution in [1.29, 1.82) is 0 Å². The fourth-order valence-corrected chi connectivity index (χ4v) is 7.20. The molecule has 1 aromatic carbocycles. The largest absolute Gasteiger partial charge is 0.504 e. The lowest BCUT2D eigenvalue weighted by Crippen LogP contribution is -2.80. The summed E-state index contributed by atoms with van der Waals surface area (Å²) in [6.07, 6.45) is 5.23. The van der Waals surface area contributed by atoms with E-state index < -0.39 is 11.0 Å². The minimum Gasteiger partial charge on any atom is -0.504 e. The maximum absolute atomic E-state index is 12.5. The normalized spacial score (nSPS) is 44.7. The molecule has 0 radical (unpaired) electrons. The second kappa shape index (κ2) is 5.19. The molecule has 3 fully saturated rings. The van der Waals surface area contributed by atoms with Gasteiger partial charge >= 0.3 is 0 Å². The van der Waals surface area contributed by atoms with Gasteiger partial charge in [0.25, 0.3) is 0 Å². The molecule has 2 heterocycles. The first-order valence-electron chi connectivity index (χ1n) is 10.7. The van der Waals surface area contributed by atoms with Gasteiger partial charge < -0.3 is 20.3 Å². The van der Waals surface area contributed by atoms with Crippen molar-refractivity contribution in [2.75, 3.05) is 20.1 Å². The van der Waals surface area contributed by atoms with Gasteiger partial charge in [0.1, 0.15) is 6.10 Å². The summed E-state index contributed by atoms with van der Waals surface area (Å²) in [7, 11) is 1.99. The summed E-state index contributed by atoms with van der Waals surface area (Å²) in [5.74, 6) is 1.86. The van der Waals surface area contributed by atoms with Crippen LogP contribution in [0.1, 0.15) is 43.7 Å². The van der Waals surface area contributed by atoms with Crippen molar-refractivity contribution in [2.24, 2.45) is 11.8 Å². The highest BCUT2D eigenvalue weighted by Crippen LogP contribution is 2.66. The molecular formula is C22H30N2O3. The Labute approximate surface area is 160 Å². The molecule has 5 aliphatic rings. The number of rotatable bonds is 3. The monoisotopic (exact) mass is 370 g/mol. The molecule has 146 valence electrons. The molecule has 0 aromatic heterocycles. The third-order valence-corrected chi connectivity index (χ3v) is 8.55. The fourth-order valence-electron chi connectivity index (χ4n) is 7.20. The predicted molar refractivity (Wildman–Crippen MR) is 102 cm³/mol. The molecule has 3 aliphatic carbocycles. The Morgan fingerprint density at radius 2 is 2.15 bits per heavy atom. The second-order valence-corrected chi connectivity index (χ2v) is 9.72. The third-order valence-electron chi connectivity index (χ3n) is 8.55. The van der Waals surface area contributed by atoms with E-state index in [1.165, 1.54) is 18.4 Å². The summed E-state index contributed by atoms with van der Waals surface area (Å²) in [5.41, 5.74) is 1.17. The van der Waals surface area contributed by atoms with Crippen molar-refractivity contribution in [3.8, 4) is 11.5 Å². The smallest absolute Gasteiger partial charge is 0.165 e. The number of likely N-dealkylation sites (N-methyl/N-ethyl adjacent to an activating group) is 1. The predicted octanol–water partition coefficient (Wildman–Crippen LogP) is 1.79. The van der Waals surface area contributed by atoms with Crippen LogP contribution in [-0.2, 0) is 11.8 Å². The number of ether oxygens (including phenoxy) is 1. The van der Waals surface area contributed by atoms with Crippen LogP contribution in [0.2, 0.25) is 0 Å². The topological polar surface area (TPSA) is 65.0 Å². The van der Waals surface area contributed by atoms with E-state index in [4.69, 9.17) is 4.74 Å². The summed E-state index contributed by atoms with van der Waals surface area (Å²) < 4.78 is 6.46.